The zero-order valence-corrected chi connectivity index (χ0v) is 12.2. The summed E-state index contributed by atoms with van der Waals surface area (Å²) in [5, 5.41) is 15.3. The molecule has 0 saturated carbocycles. The van der Waals surface area contributed by atoms with Crippen LogP contribution >= 0.6 is 0 Å². The van der Waals surface area contributed by atoms with Crippen molar-refractivity contribution in [1.82, 2.24) is 10.2 Å². The molecule has 1 heterocycles. The molecule has 2 aromatic rings. The molecular formula is C12H14N4O4S. The third-order valence-electron chi connectivity index (χ3n) is 2.87. The Balaban J connectivity index is 2.40. The molecule has 0 atom stereocenters. The van der Waals surface area contributed by atoms with Gasteiger partial charge in [0.2, 0.25) is 0 Å². The van der Waals surface area contributed by atoms with Crippen LogP contribution in [-0.2, 0) is 10.0 Å². The van der Waals surface area contributed by atoms with Crippen molar-refractivity contribution in [2.45, 2.75) is 18.7 Å². The summed E-state index contributed by atoms with van der Waals surface area (Å²) < 4.78 is 27.0. The third kappa shape index (κ3) is 2.82. The normalized spacial score (nSPS) is 11.3. The standard InChI is InChI=1S/C12H14N4O4S/c1-6-11(7(2)15-14-6)21(19,20)16-10-4-3-8(12(17)18)5-9(10)13/h3-5,16H,13H2,1-2H3,(H,14,15)(H,17,18). The Morgan fingerprint density at radius 3 is 2.52 bits per heavy atom. The van der Waals surface area contributed by atoms with Crippen LogP contribution in [0.4, 0.5) is 11.4 Å². The van der Waals surface area contributed by atoms with Gasteiger partial charge >= 0.3 is 5.97 Å². The van der Waals surface area contributed by atoms with Crippen molar-refractivity contribution in [3.05, 3.63) is 35.2 Å². The molecular weight excluding hydrogens is 296 g/mol. The van der Waals surface area contributed by atoms with Crippen LogP contribution < -0.4 is 10.5 Å². The lowest BCUT2D eigenvalue weighted by Gasteiger charge is -2.11. The Bertz CT molecular complexity index is 791. The number of nitrogen functional groups attached to an aromatic ring is 1. The van der Waals surface area contributed by atoms with Crippen molar-refractivity contribution >= 4 is 27.4 Å². The molecule has 1 aromatic heterocycles. The molecule has 1 aromatic carbocycles. The number of aromatic carboxylic acids is 1. The van der Waals surface area contributed by atoms with E-state index in [1.807, 2.05) is 0 Å². The van der Waals surface area contributed by atoms with Crippen LogP contribution in [0.3, 0.4) is 0 Å². The lowest BCUT2D eigenvalue weighted by Crippen LogP contribution is -2.16. The van der Waals surface area contributed by atoms with E-state index in [9.17, 15) is 13.2 Å². The van der Waals surface area contributed by atoms with Gasteiger partial charge in [-0.1, -0.05) is 0 Å². The first kappa shape index (κ1) is 14.9. The molecule has 0 bridgehead atoms. The number of nitrogens with one attached hydrogen (secondary N) is 2. The number of aromatic amines is 1. The SMILES string of the molecule is Cc1n[nH]c(C)c1S(=O)(=O)Nc1ccc(C(=O)O)cc1N. The molecule has 0 radical (unpaired) electrons. The minimum absolute atomic E-state index is 0.0221. The second-order valence-electron chi connectivity index (χ2n) is 4.48. The van der Waals surface area contributed by atoms with Gasteiger partial charge in [0.05, 0.1) is 28.3 Å². The molecule has 0 saturated heterocycles. The average Bonchev–Trinajstić information content (AvgIpc) is 2.71. The highest BCUT2D eigenvalue weighted by Gasteiger charge is 2.23. The Kier molecular flexibility index (Phi) is 3.60. The van der Waals surface area contributed by atoms with Gasteiger partial charge in [-0.15, -0.1) is 0 Å². The van der Waals surface area contributed by atoms with E-state index in [2.05, 4.69) is 14.9 Å². The number of nitrogens with two attached hydrogens (primary N) is 1. The monoisotopic (exact) mass is 310 g/mol. The average molecular weight is 310 g/mol. The Morgan fingerprint density at radius 1 is 1.38 bits per heavy atom. The van der Waals surface area contributed by atoms with Crippen molar-refractivity contribution in [2.75, 3.05) is 10.5 Å². The van der Waals surface area contributed by atoms with E-state index in [1.165, 1.54) is 18.2 Å². The predicted molar refractivity (Wildman–Crippen MR) is 76.7 cm³/mol. The lowest BCUT2D eigenvalue weighted by atomic mass is 10.2. The number of aromatic nitrogens is 2. The van der Waals surface area contributed by atoms with E-state index in [4.69, 9.17) is 10.8 Å². The van der Waals surface area contributed by atoms with E-state index < -0.39 is 16.0 Å². The van der Waals surface area contributed by atoms with Crippen LogP contribution in [0.1, 0.15) is 21.7 Å². The highest BCUT2D eigenvalue weighted by atomic mass is 32.2. The van der Waals surface area contributed by atoms with E-state index >= 15 is 0 Å². The quantitative estimate of drug-likeness (QED) is 0.624. The second-order valence-corrected chi connectivity index (χ2v) is 6.10. The van der Waals surface area contributed by atoms with E-state index in [1.54, 1.807) is 13.8 Å². The molecule has 8 nitrogen and oxygen atoms in total. The summed E-state index contributed by atoms with van der Waals surface area (Å²) in [4.78, 5) is 10.9. The molecule has 9 heteroatoms. The van der Waals surface area contributed by atoms with Crippen molar-refractivity contribution in [2.24, 2.45) is 0 Å². The first-order chi connectivity index (χ1) is 9.72. The summed E-state index contributed by atoms with van der Waals surface area (Å²) in [6.45, 7) is 3.15. The van der Waals surface area contributed by atoms with Crippen LogP contribution in [0.25, 0.3) is 0 Å². The molecule has 0 unspecified atom stereocenters. The number of hydrogen-bond donors (Lipinski definition) is 4. The Morgan fingerprint density at radius 2 is 2.05 bits per heavy atom. The van der Waals surface area contributed by atoms with Crippen LogP contribution in [0.2, 0.25) is 0 Å². The summed E-state index contributed by atoms with van der Waals surface area (Å²) >= 11 is 0. The molecule has 0 spiro atoms. The molecule has 0 amide bonds. The number of rotatable bonds is 4. The van der Waals surface area contributed by atoms with Crippen molar-refractivity contribution in [3.8, 4) is 0 Å². The number of carbonyl (C=O) groups is 1. The van der Waals surface area contributed by atoms with Crippen LogP contribution in [0.15, 0.2) is 23.1 Å². The minimum atomic E-state index is -3.86. The molecule has 2 rings (SSSR count). The Labute approximate surface area is 121 Å². The molecule has 21 heavy (non-hydrogen) atoms. The number of hydrogen-bond acceptors (Lipinski definition) is 5. The van der Waals surface area contributed by atoms with Crippen molar-refractivity contribution in [1.29, 1.82) is 0 Å². The molecule has 0 fully saturated rings. The van der Waals surface area contributed by atoms with Crippen molar-refractivity contribution in [3.63, 3.8) is 0 Å². The Hall–Kier alpha value is -2.55. The van der Waals surface area contributed by atoms with Gasteiger partial charge in [0.25, 0.3) is 10.0 Å². The van der Waals surface area contributed by atoms with Crippen LogP contribution in [0, 0.1) is 13.8 Å². The summed E-state index contributed by atoms with van der Waals surface area (Å²) in [7, 11) is -3.86. The van der Waals surface area contributed by atoms with E-state index in [-0.39, 0.29) is 21.8 Å². The number of carboxylic acid groups (broad SMARTS) is 1. The van der Waals surface area contributed by atoms with Gasteiger partial charge < -0.3 is 10.8 Å². The zero-order chi connectivity index (χ0) is 15.8. The van der Waals surface area contributed by atoms with Gasteiger partial charge in [-0.3, -0.25) is 9.82 Å². The third-order valence-corrected chi connectivity index (χ3v) is 4.50. The van der Waals surface area contributed by atoms with E-state index in [0.717, 1.165) is 0 Å². The number of H-pyrrole nitrogens is 1. The molecule has 0 aliphatic carbocycles. The lowest BCUT2D eigenvalue weighted by molar-refractivity contribution is 0.0697. The highest BCUT2D eigenvalue weighted by Crippen LogP contribution is 2.25. The van der Waals surface area contributed by atoms with Gasteiger partial charge in [0.1, 0.15) is 4.90 Å². The summed E-state index contributed by atoms with van der Waals surface area (Å²) in [6.07, 6.45) is 0. The summed E-state index contributed by atoms with van der Waals surface area (Å²) in [5.74, 6) is -1.14. The van der Waals surface area contributed by atoms with Gasteiger partial charge in [-0.05, 0) is 32.0 Å². The fourth-order valence-electron chi connectivity index (χ4n) is 1.92. The number of anilines is 2. The molecule has 0 aliphatic rings. The number of sulfonamides is 1. The maximum absolute atomic E-state index is 12.3. The molecule has 5 N–H and O–H groups in total. The topological polar surface area (TPSA) is 138 Å². The predicted octanol–water partition coefficient (Wildman–Crippen LogP) is 1.11. The maximum atomic E-state index is 12.3. The first-order valence-electron chi connectivity index (χ1n) is 5.89. The smallest absolute Gasteiger partial charge is 0.335 e. The minimum Gasteiger partial charge on any atom is -0.478 e. The van der Waals surface area contributed by atoms with Gasteiger partial charge in [-0.25, -0.2) is 13.2 Å². The highest BCUT2D eigenvalue weighted by molar-refractivity contribution is 7.92. The van der Waals surface area contributed by atoms with E-state index in [0.29, 0.717) is 11.4 Å². The van der Waals surface area contributed by atoms with Gasteiger partial charge in [0, 0.05) is 0 Å². The van der Waals surface area contributed by atoms with Crippen molar-refractivity contribution < 1.29 is 18.3 Å². The first-order valence-corrected chi connectivity index (χ1v) is 7.38. The number of aryl methyl sites for hydroxylation is 2. The van der Waals surface area contributed by atoms with Crippen LogP contribution in [-0.4, -0.2) is 29.7 Å². The summed E-state index contributed by atoms with van der Waals surface area (Å²) in [6, 6.07) is 3.77. The maximum Gasteiger partial charge on any atom is 0.335 e. The number of nitrogens with zero attached hydrogens (tertiary/aromatic N) is 1. The van der Waals surface area contributed by atoms with Gasteiger partial charge in [0.15, 0.2) is 0 Å². The fourth-order valence-corrected chi connectivity index (χ4v) is 3.38. The van der Waals surface area contributed by atoms with Gasteiger partial charge in [-0.2, -0.15) is 5.10 Å². The summed E-state index contributed by atoms with van der Waals surface area (Å²) in [5.41, 5.74) is 6.53. The second kappa shape index (κ2) is 5.09. The zero-order valence-electron chi connectivity index (χ0n) is 11.3. The number of carboxylic acids is 1. The van der Waals surface area contributed by atoms with Crippen LogP contribution in [0.5, 0.6) is 0 Å². The molecule has 0 aliphatic heterocycles. The fraction of sp³-hybridized carbons (Fsp3) is 0.167. The largest absolute Gasteiger partial charge is 0.478 e. The molecule has 112 valence electrons. The number of benzene rings is 1.